The molecule has 0 saturated heterocycles. The summed E-state index contributed by atoms with van der Waals surface area (Å²) < 4.78 is 28.6. The summed E-state index contributed by atoms with van der Waals surface area (Å²) in [6, 6.07) is 16.8. The monoisotopic (exact) mass is 568 g/mol. The Balaban J connectivity index is 1.50. The zero-order chi connectivity index (χ0) is 30.0. The number of fused-ring (bicyclic) bond motifs is 1. The van der Waals surface area contributed by atoms with Crippen LogP contribution in [-0.2, 0) is 16.0 Å². The number of rotatable bonds is 8. The van der Waals surface area contributed by atoms with Crippen molar-refractivity contribution in [2.75, 3.05) is 12.4 Å². The van der Waals surface area contributed by atoms with Crippen LogP contribution in [0.25, 0.3) is 11.1 Å². The number of amides is 3. The van der Waals surface area contributed by atoms with Gasteiger partial charge >= 0.3 is 0 Å². The second kappa shape index (κ2) is 11.9. The van der Waals surface area contributed by atoms with E-state index in [9.17, 15) is 23.2 Å². The van der Waals surface area contributed by atoms with Gasteiger partial charge in [0, 0.05) is 30.9 Å². The van der Waals surface area contributed by atoms with E-state index in [2.05, 4.69) is 20.9 Å². The van der Waals surface area contributed by atoms with Crippen LogP contribution in [0.1, 0.15) is 56.7 Å². The van der Waals surface area contributed by atoms with Crippen molar-refractivity contribution in [2.24, 2.45) is 0 Å². The van der Waals surface area contributed by atoms with E-state index in [0.29, 0.717) is 28.1 Å². The van der Waals surface area contributed by atoms with Gasteiger partial charge < -0.3 is 16.0 Å². The fourth-order valence-electron chi connectivity index (χ4n) is 5.59. The zero-order valence-electron chi connectivity index (χ0n) is 23.4. The molecule has 1 aromatic heterocycles. The SMILES string of the molecule is CNC(=O)c1cc(-c2cccnc2[C@H](Cc2cccc(F)c2)NC(=O)CC2C(=O)Nc3cc(C)cc(C)c32)ccc1F. The molecule has 5 rings (SSSR count). The first-order chi connectivity index (χ1) is 20.1. The smallest absolute Gasteiger partial charge is 0.254 e. The Kier molecular flexibility index (Phi) is 8.10. The number of anilines is 1. The van der Waals surface area contributed by atoms with E-state index in [0.717, 1.165) is 16.7 Å². The fourth-order valence-corrected chi connectivity index (χ4v) is 5.59. The molecule has 0 bridgehead atoms. The van der Waals surface area contributed by atoms with E-state index in [1.807, 2.05) is 26.0 Å². The quantitative estimate of drug-likeness (QED) is 0.260. The van der Waals surface area contributed by atoms with E-state index < -0.39 is 29.5 Å². The van der Waals surface area contributed by atoms with Crippen LogP contribution < -0.4 is 16.0 Å². The van der Waals surface area contributed by atoms with Crippen LogP contribution in [0.15, 0.2) is 72.9 Å². The van der Waals surface area contributed by atoms with Gasteiger partial charge in [-0.25, -0.2) is 8.78 Å². The summed E-state index contributed by atoms with van der Waals surface area (Å²) in [5, 5.41) is 8.34. The molecule has 42 heavy (non-hydrogen) atoms. The highest BCUT2D eigenvalue weighted by Crippen LogP contribution is 2.38. The van der Waals surface area contributed by atoms with Crippen molar-refractivity contribution in [2.45, 2.75) is 38.6 Å². The molecule has 214 valence electrons. The van der Waals surface area contributed by atoms with Crippen molar-refractivity contribution in [3.8, 4) is 11.1 Å². The first-order valence-electron chi connectivity index (χ1n) is 13.6. The van der Waals surface area contributed by atoms with Crippen molar-refractivity contribution in [1.29, 1.82) is 0 Å². The molecule has 0 fully saturated rings. The number of pyridine rings is 1. The molecular weight excluding hydrogens is 538 g/mol. The maximum Gasteiger partial charge on any atom is 0.254 e. The summed E-state index contributed by atoms with van der Waals surface area (Å²) in [5.74, 6) is -2.96. The minimum atomic E-state index is -0.730. The highest BCUT2D eigenvalue weighted by atomic mass is 19.1. The number of nitrogens with zero attached hydrogens (tertiary/aromatic N) is 1. The van der Waals surface area contributed by atoms with Crippen LogP contribution in [0.3, 0.4) is 0 Å². The number of nitrogens with one attached hydrogen (secondary N) is 3. The summed E-state index contributed by atoms with van der Waals surface area (Å²) in [7, 11) is 1.42. The Morgan fingerprint density at radius 2 is 1.83 bits per heavy atom. The number of hydrogen-bond donors (Lipinski definition) is 3. The van der Waals surface area contributed by atoms with Crippen LogP contribution in [0.4, 0.5) is 14.5 Å². The van der Waals surface area contributed by atoms with E-state index in [1.54, 1.807) is 30.5 Å². The standard InChI is InChI=1S/C33H30F2N4O3/c1-18-12-19(2)30-25(33(42)39-27(30)13-18)17-29(40)38-28(15-20-6-4-7-22(34)14-20)31-23(8-5-11-37-31)21-9-10-26(35)24(16-21)32(41)36-3/h4-14,16,25,28H,15,17H2,1-3H3,(H,36,41)(H,38,40)(H,39,42)/t25?,28-/m0/s1. The summed E-state index contributed by atoms with van der Waals surface area (Å²) in [6.45, 7) is 3.86. The minimum Gasteiger partial charge on any atom is -0.355 e. The molecule has 0 radical (unpaired) electrons. The van der Waals surface area contributed by atoms with Gasteiger partial charge in [-0.2, -0.15) is 0 Å². The average Bonchev–Trinajstić information content (AvgIpc) is 3.26. The number of carbonyl (C=O) groups excluding carboxylic acids is 3. The lowest BCUT2D eigenvalue weighted by Gasteiger charge is -2.22. The van der Waals surface area contributed by atoms with Gasteiger partial charge in [0.1, 0.15) is 11.6 Å². The molecule has 9 heteroatoms. The number of carbonyl (C=O) groups is 3. The van der Waals surface area contributed by atoms with Gasteiger partial charge in [-0.1, -0.05) is 30.3 Å². The van der Waals surface area contributed by atoms with Gasteiger partial charge in [-0.05, 0) is 84.5 Å². The third-order valence-corrected chi connectivity index (χ3v) is 7.43. The molecule has 4 aromatic rings. The summed E-state index contributed by atoms with van der Waals surface area (Å²) in [6.07, 6.45) is 1.67. The lowest BCUT2D eigenvalue weighted by molar-refractivity contribution is -0.125. The molecule has 0 spiro atoms. The molecule has 0 saturated carbocycles. The molecule has 3 N–H and O–H groups in total. The number of benzene rings is 3. The first-order valence-corrected chi connectivity index (χ1v) is 13.6. The Bertz CT molecular complexity index is 1700. The van der Waals surface area contributed by atoms with E-state index in [-0.39, 0.29) is 30.2 Å². The molecule has 2 atom stereocenters. The number of aryl methyl sites for hydroxylation is 2. The van der Waals surface area contributed by atoms with Crippen LogP contribution in [0, 0.1) is 25.5 Å². The van der Waals surface area contributed by atoms with Crippen molar-refractivity contribution < 1.29 is 23.2 Å². The molecule has 3 amide bonds. The highest BCUT2D eigenvalue weighted by molar-refractivity contribution is 6.05. The molecule has 1 unspecified atom stereocenters. The first kappa shape index (κ1) is 28.6. The van der Waals surface area contributed by atoms with Crippen molar-refractivity contribution in [1.82, 2.24) is 15.6 Å². The van der Waals surface area contributed by atoms with Crippen LogP contribution in [-0.4, -0.2) is 29.8 Å². The Morgan fingerprint density at radius 1 is 1.02 bits per heavy atom. The van der Waals surface area contributed by atoms with Crippen LogP contribution >= 0.6 is 0 Å². The van der Waals surface area contributed by atoms with E-state index in [4.69, 9.17) is 0 Å². The van der Waals surface area contributed by atoms with Crippen molar-refractivity contribution >= 4 is 23.4 Å². The maximum absolute atomic E-state index is 14.5. The molecular formula is C33H30F2N4O3. The normalized spacial score (nSPS) is 14.6. The van der Waals surface area contributed by atoms with Gasteiger partial charge in [0.25, 0.3) is 5.91 Å². The van der Waals surface area contributed by atoms with Gasteiger partial charge in [0.15, 0.2) is 0 Å². The van der Waals surface area contributed by atoms with E-state index >= 15 is 0 Å². The van der Waals surface area contributed by atoms with E-state index in [1.165, 1.54) is 37.4 Å². The van der Waals surface area contributed by atoms with Gasteiger partial charge in [0.05, 0.1) is 23.2 Å². The summed E-state index contributed by atoms with van der Waals surface area (Å²) in [4.78, 5) is 43.3. The molecule has 0 aliphatic carbocycles. The van der Waals surface area contributed by atoms with Gasteiger partial charge in [0.2, 0.25) is 11.8 Å². The molecule has 3 aromatic carbocycles. The number of hydrogen-bond acceptors (Lipinski definition) is 4. The van der Waals surface area contributed by atoms with Crippen molar-refractivity contribution in [3.05, 3.63) is 118 Å². The Hall–Kier alpha value is -4.92. The average molecular weight is 569 g/mol. The topological polar surface area (TPSA) is 100 Å². The minimum absolute atomic E-state index is 0.0953. The van der Waals surface area contributed by atoms with Gasteiger partial charge in [-0.3, -0.25) is 19.4 Å². The zero-order valence-corrected chi connectivity index (χ0v) is 23.4. The van der Waals surface area contributed by atoms with Gasteiger partial charge in [-0.15, -0.1) is 0 Å². The lowest BCUT2D eigenvalue weighted by atomic mass is 9.91. The predicted octanol–water partition coefficient (Wildman–Crippen LogP) is 5.53. The number of aromatic nitrogens is 1. The predicted molar refractivity (Wildman–Crippen MR) is 156 cm³/mol. The molecule has 1 aliphatic rings. The molecule has 1 aliphatic heterocycles. The summed E-state index contributed by atoms with van der Waals surface area (Å²) >= 11 is 0. The van der Waals surface area contributed by atoms with Crippen molar-refractivity contribution in [3.63, 3.8) is 0 Å². The third-order valence-electron chi connectivity index (χ3n) is 7.43. The summed E-state index contributed by atoms with van der Waals surface area (Å²) in [5.41, 5.74) is 5.47. The fraction of sp³-hybridized carbons (Fsp3) is 0.212. The van der Waals surface area contributed by atoms with Crippen LogP contribution in [0.5, 0.6) is 0 Å². The molecule has 7 nitrogen and oxygen atoms in total. The largest absolute Gasteiger partial charge is 0.355 e. The maximum atomic E-state index is 14.5. The molecule has 2 heterocycles. The Morgan fingerprint density at radius 3 is 2.60 bits per heavy atom. The lowest BCUT2D eigenvalue weighted by Crippen LogP contribution is -2.33. The Labute approximate surface area is 242 Å². The third kappa shape index (κ3) is 5.90. The number of halogens is 2. The second-order valence-corrected chi connectivity index (χ2v) is 10.5. The second-order valence-electron chi connectivity index (χ2n) is 10.5. The van der Waals surface area contributed by atoms with Crippen LogP contribution in [0.2, 0.25) is 0 Å². The highest BCUT2D eigenvalue weighted by Gasteiger charge is 2.34.